The van der Waals surface area contributed by atoms with E-state index in [1.165, 1.54) is 0 Å². The number of benzene rings is 1. The van der Waals surface area contributed by atoms with Crippen LogP contribution < -0.4 is 0 Å². The van der Waals surface area contributed by atoms with Gasteiger partial charge in [0.2, 0.25) is 0 Å². The van der Waals surface area contributed by atoms with Crippen molar-refractivity contribution in [3.8, 4) is 0 Å². The average Bonchev–Trinajstić information content (AvgIpc) is 2.43. The molecule has 1 fully saturated rings. The zero-order valence-corrected chi connectivity index (χ0v) is 14.4. The van der Waals surface area contributed by atoms with Crippen LogP contribution in [-0.4, -0.2) is 29.7 Å². The molecule has 0 N–H and O–H groups in total. The van der Waals surface area contributed by atoms with Crippen molar-refractivity contribution in [1.29, 1.82) is 0 Å². The van der Waals surface area contributed by atoms with Gasteiger partial charge < -0.3 is 9.64 Å². The smallest absolute Gasteiger partial charge is 0.410 e. The Labute approximate surface area is 140 Å². The second-order valence-corrected chi connectivity index (χ2v) is 7.38. The van der Waals surface area contributed by atoms with E-state index >= 15 is 0 Å². The number of hydrogen-bond acceptors (Lipinski definition) is 2. The number of ether oxygens (including phenoxy) is 1. The Hall–Kier alpha value is -1.36. The van der Waals surface area contributed by atoms with E-state index in [2.05, 4.69) is 0 Å². The van der Waals surface area contributed by atoms with Crippen LogP contribution >= 0.6 is 11.6 Å². The van der Waals surface area contributed by atoms with Gasteiger partial charge in [0.15, 0.2) is 11.6 Å². The molecule has 0 radical (unpaired) electrons. The Morgan fingerprint density at radius 3 is 2.39 bits per heavy atom. The van der Waals surface area contributed by atoms with Crippen molar-refractivity contribution in [3.63, 3.8) is 0 Å². The van der Waals surface area contributed by atoms with Gasteiger partial charge in [-0.05, 0) is 63.6 Å². The van der Waals surface area contributed by atoms with Gasteiger partial charge in [0.05, 0.1) is 0 Å². The molecule has 6 heteroatoms. The standard InChI is InChI=1S/C17H22ClF2NO2/c1-17(2,3)23-16(22)21-6-4-11(5-7-21)8-12-9-14(19)15(20)10-13(12)18/h9-11H,4-8H2,1-3H3. The van der Waals surface area contributed by atoms with Gasteiger partial charge in [-0.15, -0.1) is 0 Å². The van der Waals surface area contributed by atoms with Gasteiger partial charge in [-0.25, -0.2) is 13.6 Å². The SMILES string of the molecule is CC(C)(C)OC(=O)N1CCC(Cc2cc(F)c(F)cc2Cl)CC1. The minimum atomic E-state index is -0.932. The molecular formula is C17H22ClF2NO2. The molecule has 0 atom stereocenters. The third kappa shape index (κ3) is 5.06. The Morgan fingerprint density at radius 2 is 1.83 bits per heavy atom. The number of halogens is 3. The highest BCUT2D eigenvalue weighted by atomic mass is 35.5. The van der Waals surface area contributed by atoms with E-state index in [-0.39, 0.29) is 17.0 Å². The Kier molecular flexibility index (Phi) is 5.50. The lowest BCUT2D eigenvalue weighted by atomic mass is 9.90. The first-order valence-corrected chi connectivity index (χ1v) is 8.15. The molecule has 0 bridgehead atoms. The van der Waals surface area contributed by atoms with Crippen molar-refractivity contribution in [2.24, 2.45) is 5.92 Å². The molecule has 0 saturated carbocycles. The van der Waals surface area contributed by atoms with Gasteiger partial charge in [-0.3, -0.25) is 0 Å². The molecule has 1 amide bonds. The van der Waals surface area contributed by atoms with Gasteiger partial charge >= 0.3 is 6.09 Å². The lowest BCUT2D eigenvalue weighted by Gasteiger charge is -2.33. The molecule has 1 saturated heterocycles. The highest BCUT2D eigenvalue weighted by Gasteiger charge is 2.27. The number of piperidine rings is 1. The molecule has 1 aromatic rings. The summed E-state index contributed by atoms with van der Waals surface area (Å²) in [7, 11) is 0. The summed E-state index contributed by atoms with van der Waals surface area (Å²) in [5, 5.41) is 0.249. The summed E-state index contributed by atoms with van der Waals surface area (Å²) in [6, 6.07) is 2.18. The minimum absolute atomic E-state index is 0.249. The maximum absolute atomic E-state index is 13.3. The number of nitrogens with zero attached hydrogens (tertiary/aromatic N) is 1. The summed E-state index contributed by atoms with van der Waals surface area (Å²) < 4.78 is 31.8. The first-order chi connectivity index (χ1) is 10.7. The quantitative estimate of drug-likeness (QED) is 0.720. The van der Waals surface area contributed by atoms with Gasteiger partial charge in [0.1, 0.15) is 5.60 Å². The Morgan fingerprint density at radius 1 is 1.26 bits per heavy atom. The van der Waals surface area contributed by atoms with Crippen LogP contribution in [0.2, 0.25) is 5.02 Å². The van der Waals surface area contributed by atoms with E-state index in [9.17, 15) is 13.6 Å². The molecule has 2 rings (SSSR count). The normalized spacial score (nSPS) is 16.5. The number of amides is 1. The monoisotopic (exact) mass is 345 g/mol. The van der Waals surface area contributed by atoms with Crippen molar-refractivity contribution < 1.29 is 18.3 Å². The summed E-state index contributed by atoms with van der Waals surface area (Å²) in [5.41, 5.74) is 0.105. The number of likely N-dealkylation sites (tertiary alicyclic amines) is 1. The zero-order chi connectivity index (χ0) is 17.2. The fourth-order valence-electron chi connectivity index (χ4n) is 2.68. The average molecular weight is 346 g/mol. The number of rotatable bonds is 2. The number of hydrogen-bond donors (Lipinski definition) is 0. The molecule has 1 heterocycles. The van der Waals surface area contributed by atoms with E-state index in [4.69, 9.17) is 16.3 Å². The van der Waals surface area contributed by atoms with Crippen LogP contribution in [0.25, 0.3) is 0 Å². The molecule has 1 aromatic carbocycles. The molecule has 0 aliphatic carbocycles. The summed E-state index contributed by atoms with van der Waals surface area (Å²) in [4.78, 5) is 13.7. The number of carbonyl (C=O) groups is 1. The highest BCUT2D eigenvalue weighted by molar-refractivity contribution is 6.31. The molecule has 23 heavy (non-hydrogen) atoms. The van der Waals surface area contributed by atoms with E-state index < -0.39 is 17.2 Å². The molecule has 0 aromatic heterocycles. The van der Waals surface area contributed by atoms with Crippen molar-refractivity contribution in [2.45, 2.75) is 45.6 Å². The fraction of sp³-hybridized carbons (Fsp3) is 0.588. The lowest BCUT2D eigenvalue weighted by Crippen LogP contribution is -2.42. The maximum Gasteiger partial charge on any atom is 0.410 e. The van der Waals surface area contributed by atoms with Gasteiger partial charge in [-0.2, -0.15) is 0 Å². The predicted octanol–water partition coefficient (Wildman–Crippen LogP) is 4.81. The topological polar surface area (TPSA) is 29.5 Å². The Bertz CT molecular complexity index is 579. The molecule has 128 valence electrons. The summed E-state index contributed by atoms with van der Waals surface area (Å²) in [5.74, 6) is -1.52. The van der Waals surface area contributed by atoms with Gasteiger partial charge in [0, 0.05) is 18.1 Å². The molecular weight excluding hydrogens is 324 g/mol. The summed E-state index contributed by atoms with van der Waals surface area (Å²) >= 11 is 5.98. The van der Waals surface area contributed by atoms with Crippen LogP contribution in [0.15, 0.2) is 12.1 Å². The van der Waals surface area contributed by atoms with Crippen molar-refractivity contribution in [3.05, 3.63) is 34.4 Å². The van der Waals surface area contributed by atoms with Crippen LogP contribution in [0.3, 0.4) is 0 Å². The fourth-order valence-corrected chi connectivity index (χ4v) is 2.90. The predicted molar refractivity (Wildman–Crippen MR) is 85.6 cm³/mol. The van der Waals surface area contributed by atoms with Crippen LogP contribution in [0, 0.1) is 17.6 Å². The summed E-state index contributed by atoms with van der Waals surface area (Å²) in [6.45, 7) is 6.70. The lowest BCUT2D eigenvalue weighted by molar-refractivity contribution is 0.0184. The van der Waals surface area contributed by atoms with Crippen LogP contribution in [0.1, 0.15) is 39.2 Å². The largest absolute Gasteiger partial charge is 0.444 e. The molecule has 1 aliphatic heterocycles. The third-order valence-electron chi connectivity index (χ3n) is 3.86. The molecule has 3 nitrogen and oxygen atoms in total. The molecule has 0 unspecified atom stereocenters. The number of carbonyl (C=O) groups excluding carboxylic acids is 1. The maximum atomic E-state index is 13.3. The highest BCUT2D eigenvalue weighted by Crippen LogP contribution is 2.27. The van der Waals surface area contributed by atoms with E-state index in [1.807, 2.05) is 20.8 Å². The first kappa shape index (κ1) is 18.0. The van der Waals surface area contributed by atoms with Crippen molar-refractivity contribution >= 4 is 17.7 Å². The van der Waals surface area contributed by atoms with Crippen LogP contribution in [-0.2, 0) is 11.2 Å². The minimum Gasteiger partial charge on any atom is -0.444 e. The van der Waals surface area contributed by atoms with E-state index in [1.54, 1.807) is 4.90 Å². The summed E-state index contributed by atoms with van der Waals surface area (Å²) in [6.07, 6.45) is 1.85. The van der Waals surface area contributed by atoms with Gasteiger partial charge in [-0.1, -0.05) is 11.6 Å². The zero-order valence-electron chi connectivity index (χ0n) is 13.7. The van der Waals surface area contributed by atoms with E-state index in [0.717, 1.165) is 25.0 Å². The van der Waals surface area contributed by atoms with Crippen LogP contribution in [0.4, 0.5) is 13.6 Å². The van der Waals surface area contributed by atoms with Crippen LogP contribution in [0.5, 0.6) is 0 Å². The molecule has 1 aliphatic rings. The Balaban J connectivity index is 1.90. The first-order valence-electron chi connectivity index (χ1n) is 7.77. The van der Waals surface area contributed by atoms with Crippen molar-refractivity contribution in [2.75, 3.05) is 13.1 Å². The third-order valence-corrected chi connectivity index (χ3v) is 4.22. The van der Waals surface area contributed by atoms with E-state index in [0.29, 0.717) is 25.1 Å². The van der Waals surface area contributed by atoms with Gasteiger partial charge in [0.25, 0.3) is 0 Å². The molecule has 0 spiro atoms. The second kappa shape index (κ2) is 7.04. The van der Waals surface area contributed by atoms with Crippen molar-refractivity contribution in [1.82, 2.24) is 4.90 Å². The second-order valence-electron chi connectivity index (χ2n) is 6.97.